The molecule has 2 aromatic rings. The molecule has 1 aromatic heterocycles. The summed E-state index contributed by atoms with van der Waals surface area (Å²) in [5, 5.41) is 3.53. The zero-order valence-electron chi connectivity index (χ0n) is 11.7. The molecular formula is C16H18N2O2. The Morgan fingerprint density at radius 3 is 3.00 bits per heavy atom. The summed E-state index contributed by atoms with van der Waals surface area (Å²) in [6.07, 6.45) is 4.63. The number of hydrogen-bond donors (Lipinski definition) is 1. The SMILES string of the molecule is COc1ccc2c(c1)C(Nc1cncc(C)c1)CCO2. The van der Waals surface area contributed by atoms with Gasteiger partial charge in [0.25, 0.3) is 0 Å². The summed E-state index contributed by atoms with van der Waals surface area (Å²) < 4.78 is 11.0. The molecule has 0 amide bonds. The molecule has 20 heavy (non-hydrogen) atoms. The molecule has 4 heteroatoms. The van der Waals surface area contributed by atoms with Crippen LogP contribution in [-0.4, -0.2) is 18.7 Å². The molecule has 1 atom stereocenters. The van der Waals surface area contributed by atoms with Crippen molar-refractivity contribution < 1.29 is 9.47 Å². The Balaban J connectivity index is 1.89. The fraction of sp³-hybridized carbons (Fsp3) is 0.312. The maximum atomic E-state index is 5.70. The number of hydrogen-bond acceptors (Lipinski definition) is 4. The number of methoxy groups -OCH3 is 1. The number of rotatable bonds is 3. The Morgan fingerprint density at radius 2 is 2.20 bits per heavy atom. The number of fused-ring (bicyclic) bond motifs is 1. The van der Waals surface area contributed by atoms with E-state index >= 15 is 0 Å². The van der Waals surface area contributed by atoms with Gasteiger partial charge in [0.05, 0.1) is 25.4 Å². The van der Waals surface area contributed by atoms with Gasteiger partial charge in [0.1, 0.15) is 11.5 Å². The molecule has 1 aliphatic heterocycles. The molecule has 1 N–H and O–H groups in total. The topological polar surface area (TPSA) is 43.4 Å². The lowest BCUT2D eigenvalue weighted by atomic mass is 10.00. The third kappa shape index (κ3) is 2.54. The van der Waals surface area contributed by atoms with Crippen molar-refractivity contribution in [2.45, 2.75) is 19.4 Å². The summed E-state index contributed by atoms with van der Waals surface area (Å²) in [7, 11) is 1.68. The van der Waals surface area contributed by atoms with Crippen molar-refractivity contribution in [3.63, 3.8) is 0 Å². The Labute approximate surface area is 118 Å². The Bertz CT molecular complexity index is 613. The van der Waals surface area contributed by atoms with Gasteiger partial charge in [0, 0.05) is 24.4 Å². The van der Waals surface area contributed by atoms with Crippen LogP contribution in [0, 0.1) is 6.92 Å². The molecule has 0 aliphatic carbocycles. The van der Waals surface area contributed by atoms with Crippen molar-refractivity contribution in [3.8, 4) is 11.5 Å². The molecule has 1 aromatic carbocycles. The van der Waals surface area contributed by atoms with Gasteiger partial charge in [-0.25, -0.2) is 0 Å². The van der Waals surface area contributed by atoms with E-state index in [9.17, 15) is 0 Å². The van der Waals surface area contributed by atoms with Gasteiger partial charge in [0.2, 0.25) is 0 Å². The van der Waals surface area contributed by atoms with E-state index in [1.807, 2.05) is 37.5 Å². The van der Waals surface area contributed by atoms with Crippen molar-refractivity contribution in [1.29, 1.82) is 0 Å². The second-order valence-corrected chi connectivity index (χ2v) is 4.99. The highest BCUT2D eigenvalue weighted by atomic mass is 16.5. The Kier molecular flexibility index (Phi) is 3.46. The van der Waals surface area contributed by atoms with Crippen LogP contribution < -0.4 is 14.8 Å². The molecule has 0 fully saturated rings. The molecule has 3 rings (SSSR count). The Hall–Kier alpha value is -2.23. The summed E-state index contributed by atoms with van der Waals surface area (Å²) >= 11 is 0. The lowest BCUT2D eigenvalue weighted by Crippen LogP contribution is -2.20. The van der Waals surface area contributed by atoms with Gasteiger partial charge in [-0.05, 0) is 36.8 Å². The molecule has 0 spiro atoms. The van der Waals surface area contributed by atoms with Gasteiger partial charge in [0.15, 0.2) is 0 Å². The minimum atomic E-state index is 0.220. The third-order valence-electron chi connectivity index (χ3n) is 3.47. The summed E-state index contributed by atoms with van der Waals surface area (Å²) in [6.45, 7) is 2.76. The van der Waals surface area contributed by atoms with Gasteiger partial charge in [-0.3, -0.25) is 4.98 Å². The lowest BCUT2D eigenvalue weighted by Gasteiger charge is -2.27. The average molecular weight is 270 g/mol. The number of nitrogens with zero attached hydrogens (tertiary/aromatic N) is 1. The van der Waals surface area contributed by atoms with E-state index in [2.05, 4.69) is 16.4 Å². The average Bonchev–Trinajstić information content (AvgIpc) is 2.47. The molecular weight excluding hydrogens is 252 g/mol. The second kappa shape index (κ2) is 5.41. The van der Waals surface area contributed by atoms with E-state index in [0.29, 0.717) is 0 Å². The van der Waals surface area contributed by atoms with Gasteiger partial charge in [-0.15, -0.1) is 0 Å². The van der Waals surface area contributed by atoms with Gasteiger partial charge < -0.3 is 14.8 Å². The van der Waals surface area contributed by atoms with Crippen LogP contribution in [0.15, 0.2) is 36.7 Å². The molecule has 0 saturated carbocycles. The monoisotopic (exact) mass is 270 g/mol. The maximum absolute atomic E-state index is 5.70. The first-order valence-corrected chi connectivity index (χ1v) is 6.75. The largest absolute Gasteiger partial charge is 0.497 e. The first-order valence-electron chi connectivity index (χ1n) is 6.75. The number of aromatic nitrogens is 1. The predicted octanol–water partition coefficient (Wildman–Crippen LogP) is 3.33. The van der Waals surface area contributed by atoms with Crippen LogP contribution in [0.25, 0.3) is 0 Å². The molecule has 0 radical (unpaired) electrons. The lowest BCUT2D eigenvalue weighted by molar-refractivity contribution is 0.273. The fourth-order valence-corrected chi connectivity index (χ4v) is 2.48. The van der Waals surface area contributed by atoms with Crippen molar-refractivity contribution in [1.82, 2.24) is 4.98 Å². The van der Waals surface area contributed by atoms with E-state index in [0.717, 1.165) is 41.3 Å². The first kappa shape index (κ1) is 12.8. The number of benzene rings is 1. The van der Waals surface area contributed by atoms with Crippen molar-refractivity contribution in [3.05, 3.63) is 47.8 Å². The molecule has 4 nitrogen and oxygen atoms in total. The van der Waals surface area contributed by atoms with Crippen molar-refractivity contribution in [2.24, 2.45) is 0 Å². The molecule has 1 unspecified atom stereocenters. The first-order chi connectivity index (χ1) is 9.76. The molecule has 2 heterocycles. The third-order valence-corrected chi connectivity index (χ3v) is 3.47. The zero-order chi connectivity index (χ0) is 13.9. The summed E-state index contributed by atoms with van der Waals surface area (Å²) in [5.74, 6) is 1.78. The summed E-state index contributed by atoms with van der Waals surface area (Å²) in [6, 6.07) is 8.25. The molecule has 1 aliphatic rings. The highest BCUT2D eigenvalue weighted by molar-refractivity contribution is 5.50. The minimum Gasteiger partial charge on any atom is -0.497 e. The predicted molar refractivity (Wildman–Crippen MR) is 78.4 cm³/mol. The molecule has 0 bridgehead atoms. The van der Waals surface area contributed by atoms with E-state index in [1.54, 1.807) is 7.11 Å². The van der Waals surface area contributed by atoms with E-state index in [1.165, 1.54) is 0 Å². The summed E-state index contributed by atoms with van der Waals surface area (Å²) in [4.78, 5) is 4.22. The van der Waals surface area contributed by atoms with Crippen LogP contribution in [0.3, 0.4) is 0 Å². The standard InChI is InChI=1S/C16H18N2O2/c1-11-7-12(10-17-9-11)18-15-5-6-20-16-4-3-13(19-2)8-14(15)16/h3-4,7-10,15,18H,5-6H2,1-2H3. The van der Waals surface area contributed by atoms with Gasteiger partial charge in [-0.2, -0.15) is 0 Å². The minimum absolute atomic E-state index is 0.220. The number of anilines is 1. The number of pyridine rings is 1. The van der Waals surface area contributed by atoms with Crippen LogP contribution in [0.2, 0.25) is 0 Å². The Morgan fingerprint density at radius 1 is 1.30 bits per heavy atom. The molecule has 104 valence electrons. The van der Waals surface area contributed by atoms with E-state index in [-0.39, 0.29) is 6.04 Å². The molecule has 0 saturated heterocycles. The maximum Gasteiger partial charge on any atom is 0.124 e. The van der Waals surface area contributed by atoms with Crippen molar-refractivity contribution >= 4 is 5.69 Å². The fourth-order valence-electron chi connectivity index (χ4n) is 2.48. The van der Waals surface area contributed by atoms with Crippen LogP contribution >= 0.6 is 0 Å². The normalized spacial score (nSPS) is 17.0. The van der Waals surface area contributed by atoms with Crippen LogP contribution in [0.1, 0.15) is 23.6 Å². The smallest absolute Gasteiger partial charge is 0.124 e. The number of aryl methyl sites for hydroxylation is 1. The number of nitrogens with one attached hydrogen (secondary N) is 1. The van der Waals surface area contributed by atoms with E-state index < -0.39 is 0 Å². The van der Waals surface area contributed by atoms with Crippen LogP contribution in [0.5, 0.6) is 11.5 Å². The quantitative estimate of drug-likeness (QED) is 0.929. The number of ether oxygens (including phenoxy) is 2. The second-order valence-electron chi connectivity index (χ2n) is 4.99. The van der Waals surface area contributed by atoms with Crippen LogP contribution in [-0.2, 0) is 0 Å². The van der Waals surface area contributed by atoms with E-state index in [4.69, 9.17) is 9.47 Å². The highest BCUT2D eigenvalue weighted by Gasteiger charge is 2.22. The van der Waals surface area contributed by atoms with Gasteiger partial charge in [-0.1, -0.05) is 0 Å². The summed E-state index contributed by atoms with van der Waals surface area (Å²) in [5.41, 5.74) is 3.32. The zero-order valence-corrected chi connectivity index (χ0v) is 11.7. The van der Waals surface area contributed by atoms with Gasteiger partial charge >= 0.3 is 0 Å². The highest BCUT2D eigenvalue weighted by Crippen LogP contribution is 2.36. The van der Waals surface area contributed by atoms with Crippen molar-refractivity contribution in [2.75, 3.05) is 19.0 Å². The van der Waals surface area contributed by atoms with Crippen LogP contribution in [0.4, 0.5) is 5.69 Å².